The van der Waals surface area contributed by atoms with E-state index in [0.29, 0.717) is 19.4 Å². The summed E-state index contributed by atoms with van der Waals surface area (Å²) >= 11 is 0. The van der Waals surface area contributed by atoms with E-state index in [1.54, 1.807) is 0 Å². The van der Waals surface area contributed by atoms with E-state index >= 15 is 0 Å². The highest BCUT2D eigenvalue weighted by Gasteiger charge is 2.17. The third kappa shape index (κ3) is 54.7. The number of carbonyl (C=O) groups is 2. The molecular weight excluding hydrogens is 813 g/mol. The summed E-state index contributed by atoms with van der Waals surface area (Å²) in [7, 11) is 0. The Balaban J connectivity index is 4.23. The van der Waals surface area contributed by atoms with E-state index in [1.165, 1.54) is 225 Å². The van der Waals surface area contributed by atoms with E-state index in [2.05, 4.69) is 57.2 Å². The van der Waals surface area contributed by atoms with Crippen LogP contribution in [0.4, 0.5) is 0 Å². The molecule has 0 spiro atoms. The van der Waals surface area contributed by atoms with Gasteiger partial charge in [-0.2, -0.15) is 0 Å². The van der Waals surface area contributed by atoms with E-state index in [1.807, 2.05) is 0 Å². The molecule has 0 aromatic rings. The largest absolute Gasteiger partial charge is 0.462 e. The summed E-state index contributed by atoms with van der Waals surface area (Å²) in [6, 6.07) is 0. The van der Waals surface area contributed by atoms with Crippen LogP contribution in [0.15, 0.2) is 36.5 Å². The minimum absolute atomic E-state index is 0.0895. The van der Waals surface area contributed by atoms with Gasteiger partial charge in [0, 0.05) is 19.4 Å². The van der Waals surface area contributed by atoms with Gasteiger partial charge < -0.3 is 14.2 Å². The van der Waals surface area contributed by atoms with Crippen LogP contribution < -0.4 is 0 Å². The summed E-state index contributed by atoms with van der Waals surface area (Å²) in [5, 5.41) is 0. The van der Waals surface area contributed by atoms with Crippen LogP contribution in [0.5, 0.6) is 0 Å². The molecule has 5 nitrogen and oxygen atoms in total. The normalized spacial score (nSPS) is 12.3. The monoisotopic (exact) mass is 927 g/mol. The van der Waals surface area contributed by atoms with E-state index in [-0.39, 0.29) is 25.2 Å². The van der Waals surface area contributed by atoms with Gasteiger partial charge in [-0.1, -0.05) is 288 Å². The third-order valence-electron chi connectivity index (χ3n) is 13.2. The molecule has 0 aliphatic heterocycles. The predicted molar refractivity (Wildman–Crippen MR) is 288 cm³/mol. The van der Waals surface area contributed by atoms with Gasteiger partial charge >= 0.3 is 11.9 Å². The maximum Gasteiger partial charge on any atom is 0.306 e. The molecule has 0 bridgehead atoms. The Morgan fingerprint density at radius 1 is 0.348 bits per heavy atom. The Hall–Kier alpha value is -1.88. The molecule has 0 radical (unpaired) electrons. The summed E-state index contributed by atoms with van der Waals surface area (Å²) in [5.41, 5.74) is 0. The fourth-order valence-electron chi connectivity index (χ4n) is 8.82. The van der Waals surface area contributed by atoms with E-state index in [4.69, 9.17) is 14.2 Å². The minimum Gasteiger partial charge on any atom is -0.462 e. The van der Waals surface area contributed by atoms with Crippen molar-refractivity contribution in [2.45, 2.75) is 322 Å². The van der Waals surface area contributed by atoms with Crippen LogP contribution in [0.3, 0.4) is 0 Å². The molecule has 66 heavy (non-hydrogen) atoms. The van der Waals surface area contributed by atoms with Crippen LogP contribution >= 0.6 is 0 Å². The van der Waals surface area contributed by atoms with Gasteiger partial charge in [-0.3, -0.25) is 9.59 Å². The van der Waals surface area contributed by atoms with Crippen molar-refractivity contribution in [2.24, 2.45) is 0 Å². The summed E-state index contributed by atoms with van der Waals surface area (Å²) in [5.74, 6) is -0.378. The van der Waals surface area contributed by atoms with Crippen molar-refractivity contribution in [2.75, 3.05) is 19.8 Å². The number of carbonyl (C=O) groups excluding carboxylic acids is 2. The highest BCUT2D eigenvalue weighted by molar-refractivity contribution is 5.70. The Kier molecular flexibility index (Phi) is 55.8. The molecular formula is C61H114O5. The van der Waals surface area contributed by atoms with Crippen molar-refractivity contribution in [1.82, 2.24) is 0 Å². The van der Waals surface area contributed by atoms with Gasteiger partial charge in [-0.05, 0) is 51.4 Å². The molecule has 0 aromatic heterocycles. The third-order valence-corrected chi connectivity index (χ3v) is 13.2. The lowest BCUT2D eigenvalue weighted by molar-refractivity contribution is -0.163. The molecule has 0 amide bonds. The number of ether oxygens (including phenoxy) is 3. The lowest BCUT2D eigenvalue weighted by atomic mass is 10.0. The van der Waals surface area contributed by atoms with Crippen molar-refractivity contribution in [3.8, 4) is 0 Å². The highest BCUT2D eigenvalue weighted by atomic mass is 16.6. The molecule has 0 saturated heterocycles. The summed E-state index contributed by atoms with van der Waals surface area (Å²) < 4.78 is 17.5. The number of rotatable bonds is 55. The summed E-state index contributed by atoms with van der Waals surface area (Å²) in [6.07, 6.45) is 70.2. The Morgan fingerprint density at radius 3 is 1.09 bits per heavy atom. The van der Waals surface area contributed by atoms with Gasteiger partial charge in [-0.15, -0.1) is 0 Å². The first-order chi connectivity index (χ1) is 32.6. The van der Waals surface area contributed by atoms with E-state index < -0.39 is 6.10 Å². The van der Waals surface area contributed by atoms with Gasteiger partial charge in [0.05, 0.1) is 6.61 Å². The molecule has 0 fully saturated rings. The van der Waals surface area contributed by atoms with Gasteiger partial charge in [0.1, 0.15) is 6.61 Å². The zero-order chi connectivity index (χ0) is 47.7. The highest BCUT2D eigenvalue weighted by Crippen LogP contribution is 2.17. The van der Waals surface area contributed by atoms with Crippen molar-refractivity contribution in [3.63, 3.8) is 0 Å². The standard InChI is InChI=1S/C61H114O5/c1-4-7-10-13-16-19-22-25-28-30-32-35-38-41-44-47-50-53-56-64-57-59(66-61(63)55-52-49-46-43-40-37-33-27-24-21-18-15-12-9-6-3)58-65-60(62)54-51-48-45-42-39-36-34-31-29-26-23-20-17-14-11-8-5-2/h7,10,16,19,25,28,59H,4-6,8-9,11-15,17-18,20-24,26-27,29-58H2,1-3H3/b10-7-,19-16-,28-25-. The van der Waals surface area contributed by atoms with Crippen molar-refractivity contribution in [3.05, 3.63) is 36.5 Å². The van der Waals surface area contributed by atoms with Crippen LogP contribution in [0.25, 0.3) is 0 Å². The fraction of sp³-hybridized carbons (Fsp3) is 0.869. The van der Waals surface area contributed by atoms with Crippen LogP contribution in [-0.2, 0) is 23.8 Å². The van der Waals surface area contributed by atoms with Crippen molar-refractivity contribution < 1.29 is 23.8 Å². The summed E-state index contributed by atoms with van der Waals surface area (Å²) in [6.45, 7) is 7.77. The number of esters is 2. The average Bonchev–Trinajstić information content (AvgIpc) is 3.32. The second kappa shape index (κ2) is 57.4. The first-order valence-electron chi connectivity index (χ1n) is 29.5. The Bertz CT molecular complexity index is 1050. The van der Waals surface area contributed by atoms with Gasteiger partial charge in [0.15, 0.2) is 6.10 Å². The minimum atomic E-state index is -0.535. The maximum atomic E-state index is 12.9. The van der Waals surface area contributed by atoms with Gasteiger partial charge in [0.25, 0.3) is 0 Å². The number of allylic oxidation sites excluding steroid dienone is 6. The van der Waals surface area contributed by atoms with Crippen LogP contribution in [0, 0.1) is 0 Å². The number of hydrogen-bond donors (Lipinski definition) is 0. The van der Waals surface area contributed by atoms with Gasteiger partial charge in [0.2, 0.25) is 0 Å². The second-order valence-corrected chi connectivity index (χ2v) is 19.9. The van der Waals surface area contributed by atoms with Crippen molar-refractivity contribution in [1.29, 1.82) is 0 Å². The predicted octanol–water partition coefficient (Wildman–Crippen LogP) is 20.1. The molecule has 5 heteroatoms. The average molecular weight is 928 g/mol. The molecule has 0 heterocycles. The molecule has 0 aliphatic carbocycles. The topological polar surface area (TPSA) is 61.8 Å². The smallest absolute Gasteiger partial charge is 0.306 e. The number of unbranched alkanes of at least 4 members (excludes halogenated alkanes) is 38. The molecule has 388 valence electrons. The fourth-order valence-corrected chi connectivity index (χ4v) is 8.82. The molecule has 0 aromatic carbocycles. The molecule has 0 aliphatic rings. The molecule has 1 atom stereocenters. The Morgan fingerprint density at radius 2 is 0.682 bits per heavy atom. The first kappa shape index (κ1) is 64.1. The zero-order valence-electron chi connectivity index (χ0n) is 44.7. The SMILES string of the molecule is CC/C=C\C/C=C\C/C=C\CCCCCCCCCCOCC(COC(=O)CCCCCCCCCCCCCCCCCCC)OC(=O)CCCCCCCCCCCCCCCCC. The quantitative estimate of drug-likeness (QED) is 0.0345. The molecule has 0 rings (SSSR count). The van der Waals surface area contributed by atoms with E-state index in [9.17, 15) is 9.59 Å². The summed E-state index contributed by atoms with van der Waals surface area (Å²) in [4.78, 5) is 25.5. The Labute approximate surface area is 412 Å². The molecule has 0 N–H and O–H groups in total. The second-order valence-electron chi connectivity index (χ2n) is 19.9. The van der Waals surface area contributed by atoms with E-state index in [0.717, 1.165) is 57.8 Å². The lowest BCUT2D eigenvalue weighted by Gasteiger charge is -2.18. The molecule has 0 saturated carbocycles. The van der Waals surface area contributed by atoms with Crippen LogP contribution in [0.1, 0.15) is 316 Å². The van der Waals surface area contributed by atoms with Crippen LogP contribution in [-0.4, -0.2) is 37.9 Å². The molecule has 1 unspecified atom stereocenters. The van der Waals surface area contributed by atoms with Crippen molar-refractivity contribution >= 4 is 11.9 Å². The zero-order valence-corrected chi connectivity index (χ0v) is 44.7. The van der Waals surface area contributed by atoms with Gasteiger partial charge in [-0.25, -0.2) is 0 Å². The first-order valence-corrected chi connectivity index (χ1v) is 29.5. The maximum absolute atomic E-state index is 12.9. The number of hydrogen-bond acceptors (Lipinski definition) is 5. The van der Waals surface area contributed by atoms with Crippen LogP contribution in [0.2, 0.25) is 0 Å². The lowest BCUT2D eigenvalue weighted by Crippen LogP contribution is -2.30.